The highest BCUT2D eigenvalue weighted by atomic mass is 35.5. The first kappa shape index (κ1) is 29.0. The predicted molar refractivity (Wildman–Crippen MR) is 133 cm³/mol. The summed E-state index contributed by atoms with van der Waals surface area (Å²) in [5, 5.41) is 2.65. The minimum atomic E-state index is -4.85. The van der Waals surface area contributed by atoms with Gasteiger partial charge in [-0.25, -0.2) is 8.42 Å². The van der Waals surface area contributed by atoms with E-state index in [-0.39, 0.29) is 71.1 Å². The molecule has 0 saturated carbocycles. The molecule has 0 aliphatic carbocycles. The van der Waals surface area contributed by atoms with E-state index in [2.05, 4.69) is 10.1 Å². The van der Waals surface area contributed by atoms with E-state index in [1.165, 1.54) is 30.3 Å². The maximum Gasteiger partial charge on any atom is 0.417 e. The summed E-state index contributed by atoms with van der Waals surface area (Å²) in [6.45, 7) is 0.177. The Morgan fingerprint density at radius 3 is 2.13 bits per heavy atom. The van der Waals surface area contributed by atoms with Gasteiger partial charge in [-0.3, -0.25) is 0 Å². The van der Waals surface area contributed by atoms with Crippen LogP contribution in [0.4, 0.5) is 38.2 Å². The topological polar surface area (TPSA) is 120 Å². The van der Waals surface area contributed by atoms with Crippen LogP contribution in [-0.4, -0.2) is 59.1 Å². The number of nitrogens with two attached hydrogens (primary N) is 2. The summed E-state index contributed by atoms with van der Waals surface area (Å²) in [7, 11) is -3.87. The lowest BCUT2D eigenvalue weighted by Crippen LogP contribution is -2.40. The number of aromatic nitrogens is 3. The van der Waals surface area contributed by atoms with Crippen LogP contribution in [0, 0.1) is 0 Å². The molecule has 1 aliphatic rings. The Hall–Kier alpha value is -3.04. The molecule has 3 aromatic rings. The van der Waals surface area contributed by atoms with Gasteiger partial charge in [-0.05, 0) is 55.8 Å². The maximum atomic E-state index is 14.1. The summed E-state index contributed by atoms with van der Waals surface area (Å²) < 4.78 is 107. The van der Waals surface area contributed by atoms with Gasteiger partial charge in [0, 0.05) is 12.1 Å². The van der Waals surface area contributed by atoms with Crippen LogP contribution in [0.3, 0.4) is 0 Å². The Labute approximate surface area is 224 Å². The first-order valence-corrected chi connectivity index (χ1v) is 13.5. The fourth-order valence-electron chi connectivity index (χ4n) is 4.49. The number of sulfone groups is 1. The van der Waals surface area contributed by atoms with Crippen molar-refractivity contribution in [3.8, 4) is 16.8 Å². The Balaban J connectivity index is 1.59. The van der Waals surface area contributed by atoms with E-state index in [1.807, 2.05) is 0 Å². The summed E-state index contributed by atoms with van der Waals surface area (Å²) in [5.41, 5.74) is 9.55. The summed E-state index contributed by atoms with van der Waals surface area (Å²) in [6.07, 6.45) is -9.83. The molecule has 4 N–H and O–H groups in total. The average Bonchev–Trinajstić information content (AvgIpc) is 3.19. The van der Waals surface area contributed by atoms with Crippen LogP contribution in [0.25, 0.3) is 16.8 Å². The molecular weight excluding hydrogens is 574 g/mol. The number of nitrogens with zero attached hydrogens (tertiary/aromatic N) is 4. The lowest BCUT2D eigenvalue weighted by molar-refractivity contribution is -0.138. The zero-order chi connectivity index (χ0) is 28.8. The molecule has 16 heteroatoms. The minimum absolute atomic E-state index is 0.0193. The van der Waals surface area contributed by atoms with E-state index < -0.39 is 39.4 Å². The smallest absolute Gasteiger partial charge is 0.368 e. The minimum Gasteiger partial charge on any atom is -0.368 e. The normalized spacial score (nSPS) is 16.1. The third-order valence-electron chi connectivity index (χ3n) is 6.43. The van der Waals surface area contributed by atoms with Crippen molar-refractivity contribution in [2.24, 2.45) is 0 Å². The average molecular weight is 597 g/mol. The van der Waals surface area contributed by atoms with Gasteiger partial charge in [0.1, 0.15) is 0 Å². The number of rotatable bonds is 6. The highest BCUT2D eigenvalue weighted by molar-refractivity contribution is 7.92. The van der Waals surface area contributed by atoms with Crippen molar-refractivity contribution in [1.29, 1.82) is 0 Å². The largest absolute Gasteiger partial charge is 0.417 e. The van der Waals surface area contributed by atoms with Gasteiger partial charge in [-0.15, -0.1) is 5.10 Å². The summed E-state index contributed by atoms with van der Waals surface area (Å²) in [4.78, 5) is 5.12. The van der Waals surface area contributed by atoms with Crippen molar-refractivity contribution in [2.75, 3.05) is 31.1 Å². The van der Waals surface area contributed by atoms with Crippen LogP contribution in [0.5, 0.6) is 0 Å². The monoisotopic (exact) mass is 596 g/mol. The van der Waals surface area contributed by atoms with E-state index >= 15 is 0 Å². The molecule has 8 nitrogen and oxygen atoms in total. The van der Waals surface area contributed by atoms with Gasteiger partial charge < -0.3 is 16.4 Å². The molecule has 2 heterocycles. The Kier molecular flexibility index (Phi) is 7.80. The summed E-state index contributed by atoms with van der Waals surface area (Å²) >= 11 is 6.28. The highest BCUT2D eigenvalue weighted by Crippen LogP contribution is 2.43. The van der Waals surface area contributed by atoms with E-state index in [4.69, 9.17) is 23.1 Å². The molecule has 0 unspecified atom stereocenters. The third kappa shape index (κ3) is 6.41. The first-order valence-electron chi connectivity index (χ1n) is 11.6. The van der Waals surface area contributed by atoms with Crippen molar-refractivity contribution < 1.29 is 34.8 Å². The van der Waals surface area contributed by atoms with E-state index in [0.717, 1.165) is 10.7 Å². The number of nitrogen functional groups attached to an aromatic ring is 2. The van der Waals surface area contributed by atoms with Gasteiger partial charge in [-0.1, -0.05) is 23.7 Å². The van der Waals surface area contributed by atoms with E-state index in [9.17, 15) is 34.8 Å². The second-order valence-electron chi connectivity index (χ2n) is 9.06. The second-order valence-corrected chi connectivity index (χ2v) is 11.7. The number of anilines is 2. The molecule has 0 spiro atoms. The Morgan fingerprint density at radius 2 is 1.62 bits per heavy atom. The van der Waals surface area contributed by atoms with Gasteiger partial charge >= 0.3 is 12.4 Å². The van der Waals surface area contributed by atoms with Crippen molar-refractivity contribution in [1.82, 2.24) is 19.7 Å². The molecular formula is C23H23ClF6N6O2S. The van der Waals surface area contributed by atoms with Crippen LogP contribution in [-0.2, 0) is 16.0 Å². The number of benzene rings is 2. The van der Waals surface area contributed by atoms with E-state index in [0.29, 0.717) is 0 Å². The number of hydrogen-bond donors (Lipinski definition) is 2. The standard InChI is InChI=1S/C23H23ClF6N6O2S/c24-18-12-14(36-21(32)33-20(31)34-36)11-17(23(28,29)30)19(18)13-1-3-15(4-2-13)39(37,38)16-5-8-35(9-6-16)10-7-22(25,26)27/h1-4,11-12,16H,5-10H2,(H4,31,32,33,34). The number of halogens is 7. The zero-order valence-corrected chi connectivity index (χ0v) is 21.7. The molecule has 212 valence electrons. The van der Waals surface area contributed by atoms with Crippen molar-refractivity contribution in [2.45, 2.75) is 41.8 Å². The first-order chi connectivity index (χ1) is 18.1. The van der Waals surface area contributed by atoms with E-state index in [1.54, 1.807) is 4.90 Å². The Morgan fingerprint density at radius 1 is 1.00 bits per heavy atom. The molecule has 1 fully saturated rings. The summed E-state index contributed by atoms with van der Waals surface area (Å²) in [6, 6.07) is 6.83. The Bertz CT molecular complexity index is 1450. The maximum absolute atomic E-state index is 14.1. The second kappa shape index (κ2) is 10.5. The van der Waals surface area contributed by atoms with Gasteiger partial charge in [0.15, 0.2) is 9.84 Å². The molecule has 39 heavy (non-hydrogen) atoms. The molecule has 0 amide bonds. The number of alkyl halides is 6. The van der Waals surface area contributed by atoms with Gasteiger partial charge in [0.2, 0.25) is 11.9 Å². The fraction of sp³-hybridized carbons (Fsp3) is 0.391. The zero-order valence-electron chi connectivity index (χ0n) is 20.1. The number of hydrogen-bond acceptors (Lipinski definition) is 7. The predicted octanol–water partition coefficient (Wildman–Crippen LogP) is 4.96. The molecule has 1 aromatic heterocycles. The van der Waals surface area contributed by atoms with Crippen LogP contribution < -0.4 is 11.5 Å². The SMILES string of the molecule is Nc1nc(N)n(-c2cc(Cl)c(-c3ccc(S(=O)(=O)C4CCN(CCC(F)(F)F)CC4)cc3)c(C(F)(F)F)c2)n1. The van der Waals surface area contributed by atoms with Crippen molar-refractivity contribution in [3.05, 3.63) is 47.0 Å². The van der Waals surface area contributed by atoms with Crippen LogP contribution >= 0.6 is 11.6 Å². The van der Waals surface area contributed by atoms with Crippen molar-refractivity contribution in [3.63, 3.8) is 0 Å². The highest BCUT2D eigenvalue weighted by Gasteiger charge is 2.37. The molecule has 4 rings (SSSR count). The molecule has 0 atom stereocenters. The number of piperidine rings is 1. The van der Waals surface area contributed by atoms with Crippen LogP contribution in [0.15, 0.2) is 41.3 Å². The number of likely N-dealkylation sites (tertiary alicyclic amines) is 1. The third-order valence-corrected chi connectivity index (χ3v) is 9.01. The fourth-order valence-corrected chi connectivity index (χ4v) is 6.55. The van der Waals surface area contributed by atoms with Crippen LogP contribution in [0.2, 0.25) is 5.02 Å². The molecule has 0 bridgehead atoms. The van der Waals surface area contributed by atoms with Crippen molar-refractivity contribution >= 4 is 33.3 Å². The molecule has 2 aromatic carbocycles. The summed E-state index contributed by atoms with van der Waals surface area (Å²) in [5.74, 6) is -0.491. The lowest BCUT2D eigenvalue weighted by atomic mass is 9.98. The molecule has 1 aliphatic heterocycles. The van der Waals surface area contributed by atoms with Gasteiger partial charge in [0.05, 0.1) is 32.8 Å². The van der Waals surface area contributed by atoms with Gasteiger partial charge in [0.25, 0.3) is 0 Å². The molecule has 0 radical (unpaired) electrons. The van der Waals surface area contributed by atoms with Gasteiger partial charge in [-0.2, -0.15) is 36.0 Å². The lowest BCUT2D eigenvalue weighted by Gasteiger charge is -2.31. The quantitative estimate of drug-likeness (QED) is 0.386. The molecule has 1 saturated heterocycles. The van der Waals surface area contributed by atoms with Crippen LogP contribution in [0.1, 0.15) is 24.8 Å².